The van der Waals surface area contributed by atoms with Crippen molar-refractivity contribution >= 4 is 23.4 Å². The van der Waals surface area contributed by atoms with Crippen LogP contribution in [0.3, 0.4) is 0 Å². The number of amides is 2. The van der Waals surface area contributed by atoms with Gasteiger partial charge in [-0.1, -0.05) is 66.2 Å². The second-order valence-corrected chi connectivity index (χ2v) is 7.96. The molecule has 1 atom stereocenters. The Hall–Kier alpha value is -3.42. The Morgan fingerprint density at radius 1 is 1.00 bits per heavy atom. The van der Waals surface area contributed by atoms with Gasteiger partial charge in [0, 0.05) is 19.7 Å². The smallest absolute Gasteiger partial charge is 0.261 e. The third-order valence-electron chi connectivity index (χ3n) is 5.08. The second kappa shape index (κ2) is 12.7. The molecule has 0 fully saturated rings. The van der Waals surface area contributed by atoms with Gasteiger partial charge in [-0.25, -0.2) is 4.39 Å². The predicted octanol–water partition coefficient (Wildman–Crippen LogP) is 4.13. The number of carbonyl (C=O) groups is 2. The van der Waals surface area contributed by atoms with E-state index in [0.29, 0.717) is 28.3 Å². The maximum atomic E-state index is 13.5. The van der Waals surface area contributed by atoms with Gasteiger partial charge < -0.3 is 20.1 Å². The zero-order valence-corrected chi connectivity index (χ0v) is 19.2. The fraction of sp³-hybridized carbons (Fsp3) is 0.231. The number of hydrogen-bond donors (Lipinski definition) is 2. The molecule has 0 unspecified atom stereocenters. The van der Waals surface area contributed by atoms with Gasteiger partial charge >= 0.3 is 0 Å². The Morgan fingerprint density at radius 2 is 1.68 bits per heavy atom. The molecule has 3 rings (SSSR count). The van der Waals surface area contributed by atoms with Gasteiger partial charge in [-0.3, -0.25) is 9.59 Å². The van der Waals surface area contributed by atoms with E-state index < -0.39 is 23.7 Å². The lowest BCUT2D eigenvalue weighted by atomic mass is 10.0. The van der Waals surface area contributed by atoms with Crippen LogP contribution in [-0.2, 0) is 16.1 Å². The lowest BCUT2D eigenvalue weighted by molar-refractivity contribution is -0.143. The van der Waals surface area contributed by atoms with Crippen molar-refractivity contribution in [3.05, 3.63) is 101 Å². The van der Waals surface area contributed by atoms with Gasteiger partial charge in [-0.2, -0.15) is 0 Å². The average molecular weight is 485 g/mol. The molecule has 34 heavy (non-hydrogen) atoms. The van der Waals surface area contributed by atoms with Crippen molar-refractivity contribution in [1.82, 2.24) is 10.2 Å². The highest BCUT2D eigenvalue weighted by molar-refractivity contribution is 6.32. The van der Waals surface area contributed by atoms with Gasteiger partial charge in [-0.15, -0.1) is 0 Å². The zero-order valence-electron chi connectivity index (χ0n) is 18.5. The molecule has 0 aliphatic heterocycles. The van der Waals surface area contributed by atoms with E-state index >= 15 is 0 Å². The van der Waals surface area contributed by atoms with Crippen LogP contribution in [0.1, 0.15) is 23.6 Å². The normalized spacial score (nSPS) is 11.5. The van der Waals surface area contributed by atoms with E-state index in [4.69, 9.17) is 21.4 Å². The summed E-state index contributed by atoms with van der Waals surface area (Å²) in [6.45, 7) is -0.107. The van der Waals surface area contributed by atoms with E-state index in [1.807, 2.05) is 6.07 Å². The van der Waals surface area contributed by atoms with Crippen molar-refractivity contribution in [2.75, 3.05) is 19.8 Å². The number of para-hydroxylation sites is 1. The second-order valence-electron chi connectivity index (χ2n) is 7.55. The van der Waals surface area contributed by atoms with E-state index in [1.165, 1.54) is 17.0 Å². The lowest BCUT2D eigenvalue weighted by Gasteiger charge is -2.31. The summed E-state index contributed by atoms with van der Waals surface area (Å²) in [7, 11) is 0. The molecule has 3 aromatic carbocycles. The molecule has 8 heteroatoms. The average Bonchev–Trinajstić information content (AvgIpc) is 2.85. The minimum Gasteiger partial charge on any atom is -0.482 e. The van der Waals surface area contributed by atoms with Crippen molar-refractivity contribution in [2.45, 2.75) is 19.0 Å². The number of aliphatic hydroxyl groups is 1. The summed E-state index contributed by atoms with van der Waals surface area (Å²) in [5, 5.41) is 12.2. The number of carbonyl (C=O) groups excluding carboxylic acids is 2. The van der Waals surface area contributed by atoms with Crippen molar-refractivity contribution in [3.63, 3.8) is 0 Å². The van der Waals surface area contributed by atoms with Crippen LogP contribution in [0.4, 0.5) is 4.39 Å². The minimum absolute atomic E-state index is 0.0535. The highest BCUT2D eigenvalue weighted by atomic mass is 35.5. The number of rotatable bonds is 11. The summed E-state index contributed by atoms with van der Waals surface area (Å²) in [4.78, 5) is 28.0. The Labute approximate surface area is 202 Å². The van der Waals surface area contributed by atoms with Gasteiger partial charge in [0.25, 0.3) is 5.91 Å². The van der Waals surface area contributed by atoms with Gasteiger partial charge in [0.1, 0.15) is 17.6 Å². The van der Waals surface area contributed by atoms with Crippen LogP contribution in [-0.4, -0.2) is 41.6 Å². The molecule has 2 N–H and O–H groups in total. The van der Waals surface area contributed by atoms with Crippen LogP contribution in [0, 0.1) is 5.82 Å². The molecule has 0 saturated carbocycles. The monoisotopic (exact) mass is 484 g/mol. The molecule has 0 spiro atoms. The van der Waals surface area contributed by atoms with Gasteiger partial charge in [0.05, 0.1) is 5.02 Å². The van der Waals surface area contributed by atoms with E-state index in [1.54, 1.807) is 60.7 Å². The lowest BCUT2D eigenvalue weighted by Crippen LogP contribution is -2.45. The number of halogens is 2. The fourth-order valence-corrected chi connectivity index (χ4v) is 3.58. The number of nitrogens with one attached hydrogen (secondary N) is 1. The van der Waals surface area contributed by atoms with Gasteiger partial charge in [-0.05, 0) is 41.8 Å². The summed E-state index contributed by atoms with van der Waals surface area (Å²) >= 11 is 6.14. The van der Waals surface area contributed by atoms with Crippen LogP contribution in [0.15, 0.2) is 78.9 Å². The van der Waals surface area contributed by atoms with E-state index in [9.17, 15) is 14.0 Å². The summed E-state index contributed by atoms with van der Waals surface area (Å²) < 4.78 is 19.1. The number of ether oxygens (including phenoxy) is 1. The molecule has 178 valence electrons. The summed E-state index contributed by atoms with van der Waals surface area (Å²) in [5.74, 6) is -0.892. The topological polar surface area (TPSA) is 78.9 Å². The first-order chi connectivity index (χ1) is 16.5. The number of nitrogens with zero attached hydrogens (tertiary/aromatic N) is 1. The summed E-state index contributed by atoms with van der Waals surface area (Å²) in [6, 6.07) is 20.5. The van der Waals surface area contributed by atoms with Crippen LogP contribution in [0.5, 0.6) is 5.75 Å². The molecule has 0 aliphatic carbocycles. The van der Waals surface area contributed by atoms with E-state index in [0.717, 1.165) is 0 Å². The van der Waals surface area contributed by atoms with Gasteiger partial charge in [0.15, 0.2) is 6.61 Å². The molecular weight excluding hydrogens is 459 g/mol. The zero-order chi connectivity index (χ0) is 24.3. The first-order valence-corrected chi connectivity index (χ1v) is 11.2. The number of hydrogen-bond acceptors (Lipinski definition) is 4. The Bertz CT molecular complexity index is 1080. The molecule has 6 nitrogen and oxygen atoms in total. The summed E-state index contributed by atoms with van der Waals surface area (Å²) in [6.07, 6.45) is 0.384. The maximum absolute atomic E-state index is 13.5. The largest absolute Gasteiger partial charge is 0.482 e. The number of benzene rings is 3. The van der Waals surface area contributed by atoms with Gasteiger partial charge in [0.2, 0.25) is 5.91 Å². The molecule has 3 aromatic rings. The van der Waals surface area contributed by atoms with Crippen molar-refractivity contribution in [3.8, 4) is 5.75 Å². The van der Waals surface area contributed by atoms with Crippen LogP contribution in [0.2, 0.25) is 5.02 Å². The third-order valence-corrected chi connectivity index (χ3v) is 5.40. The highest BCUT2D eigenvalue weighted by Crippen LogP contribution is 2.26. The minimum atomic E-state index is -0.965. The molecule has 0 heterocycles. The van der Waals surface area contributed by atoms with Crippen molar-refractivity contribution < 1.29 is 23.8 Å². The Kier molecular flexibility index (Phi) is 9.43. The third kappa shape index (κ3) is 7.04. The van der Waals surface area contributed by atoms with Crippen molar-refractivity contribution in [2.24, 2.45) is 0 Å². The SMILES string of the molecule is O=C(NCCCO)[C@@H](c1ccccc1)N(Cc1ccc(F)cc1)C(=O)COc1ccccc1Cl. The Morgan fingerprint density at radius 3 is 2.35 bits per heavy atom. The Balaban J connectivity index is 1.91. The predicted molar refractivity (Wildman–Crippen MR) is 128 cm³/mol. The molecule has 0 radical (unpaired) electrons. The molecule has 0 aliphatic rings. The molecular formula is C26H26ClFN2O4. The standard InChI is InChI=1S/C26H26ClFN2O4/c27-22-9-4-5-10-23(22)34-18-24(32)30(17-19-11-13-21(28)14-12-19)25(20-7-2-1-3-8-20)26(33)29-15-6-16-31/h1-5,7-14,25,31H,6,15-18H2,(H,29,33)/t25-/m1/s1. The quantitative estimate of drug-likeness (QED) is 0.401. The van der Waals surface area contributed by atoms with E-state index in [2.05, 4.69) is 5.32 Å². The van der Waals surface area contributed by atoms with Crippen molar-refractivity contribution in [1.29, 1.82) is 0 Å². The molecule has 0 aromatic heterocycles. The highest BCUT2D eigenvalue weighted by Gasteiger charge is 2.31. The van der Waals surface area contributed by atoms with Crippen LogP contribution in [0.25, 0.3) is 0 Å². The summed E-state index contributed by atoms with van der Waals surface area (Å²) in [5.41, 5.74) is 1.26. The fourth-order valence-electron chi connectivity index (χ4n) is 3.39. The number of aliphatic hydroxyl groups excluding tert-OH is 1. The first-order valence-electron chi connectivity index (χ1n) is 10.8. The maximum Gasteiger partial charge on any atom is 0.261 e. The molecule has 0 bridgehead atoms. The van der Waals surface area contributed by atoms with Crippen LogP contribution < -0.4 is 10.1 Å². The van der Waals surface area contributed by atoms with Crippen LogP contribution >= 0.6 is 11.6 Å². The first kappa shape index (κ1) is 25.2. The van der Waals surface area contributed by atoms with E-state index in [-0.39, 0.29) is 26.3 Å². The molecule has 2 amide bonds. The molecule has 0 saturated heterocycles.